The fourth-order valence-electron chi connectivity index (χ4n) is 2.29. The number of hydrogen-bond acceptors (Lipinski definition) is 3. The monoisotopic (exact) mass is 231 g/mol. The van der Waals surface area contributed by atoms with Gasteiger partial charge in [0.25, 0.3) is 0 Å². The molecule has 0 radical (unpaired) electrons. The Morgan fingerprint density at radius 2 is 2.12 bits per heavy atom. The van der Waals surface area contributed by atoms with Gasteiger partial charge in [0.2, 0.25) is 0 Å². The Kier molecular flexibility index (Phi) is 3.52. The summed E-state index contributed by atoms with van der Waals surface area (Å²) >= 11 is 0. The average molecular weight is 231 g/mol. The molecule has 4 heteroatoms. The summed E-state index contributed by atoms with van der Waals surface area (Å²) in [5.41, 5.74) is 0.244. The molecule has 1 heterocycles. The van der Waals surface area contributed by atoms with E-state index < -0.39 is 12.3 Å². The van der Waals surface area contributed by atoms with Crippen LogP contribution in [0.25, 0.3) is 0 Å². The van der Waals surface area contributed by atoms with Crippen LogP contribution in [0.3, 0.4) is 0 Å². The topological polar surface area (TPSA) is 32.7 Å². The van der Waals surface area contributed by atoms with Crippen LogP contribution in [0.4, 0.5) is 4.39 Å². The van der Waals surface area contributed by atoms with E-state index in [9.17, 15) is 9.50 Å². The number of aliphatic hydroxyl groups is 1. The van der Waals surface area contributed by atoms with Gasteiger partial charge in [-0.2, -0.15) is 0 Å². The second kappa shape index (κ2) is 4.59. The molecular weight excluding hydrogens is 209 g/mol. The molecule has 16 heavy (non-hydrogen) atoms. The highest BCUT2D eigenvalue weighted by Crippen LogP contribution is 2.47. The van der Waals surface area contributed by atoms with E-state index in [1.807, 2.05) is 18.7 Å². The van der Waals surface area contributed by atoms with Crippen LogP contribution >= 0.6 is 0 Å². The first kappa shape index (κ1) is 12.3. The van der Waals surface area contributed by atoms with Gasteiger partial charge in [0.15, 0.2) is 0 Å². The Bertz CT molecular complexity index is 233. The number of likely N-dealkylation sites (tertiary alicyclic amines) is 1. The molecule has 0 aromatic carbocycles. The Morgan fingerprint density at radius 1 is 1.44 bits per heavy atom. The molecule has 1 N–H and O–H groups in total. The third-order valence-corrected chi connectivity index (χ3v) is 3.53. The molecule has 2 rings (SSSR count). The van der Waals surface area contributed by atoms with Crippen LogP contribution in [0.2, 0.25) is 0 Å². The van der Waals surface area contributed by atoms with E-state index in [1.165, 1.54) is 12.8 Å². The van der Waals surface area contributed by atoms with Crippen molar-refractivity contribution >= 4 is 0 Å². The Balaban J connectivity index is 1.77. The maximum atomic E-state index is 13.2. The lowest BCUT2D eigenvalue weighted by Crippen LogP contribution is -2.32. The van der Waals surface area contributed by atoms with Crippen molar-refractivity contribution < 1.29 is 14.2 Å². The lowest BCUT2D eigenvalue weighted by Gasteiger charge is -2.23. The quantitative estimate of drug-likeness (QED) is 0.772. The van der Waals surface area contributed by atoms with Crippen LogP contribution in [-0.4, -0.2) is 54.6 Å². The normalized spacial score (nSPS) is 33.6. The van der Waals surface area contributed by atoms with Crippen LogP contribution in [0.1, 0.15) is 26.7 Å². The molecule has 1 saturated carbocycles. The summed E-state index contributed by atoms with van der Waals surface area (Å²) in [6.45, 7) is 6.57. The zero-order chi connectivity index (χ0) is 11.8. The van der Waals surface area contributed by atoms with E-state index in [4.69, 9.17) is 4.74 Å². The first-order chi connectivity index (χ1) is 7.51. The molecule has 0 aromatic heterocycles. The number of nitrogens with zero attached hydrogens (tertiary/aromatic N) is 1. The van der Waals surface area contributed by atoms with E-state index in [1.54, 1.807) is 0 Å². The summed E-state index contributed by atoms with van der Waals surface area (Å²) in [4.78, 5) is 2.03. The summed E-state index contributed by atoms with van der Waals surface area (Å²) in [5.74, 6) is 0. The molecule has 0 amide bonds. The molecule has 2 atom stereocenters. The van der Waals surface area contributed by atoms with Gasteiger partial charge < -0.3 is 9.84 Å². The Labute approximate surface area is 96.6 Å². The van der Waals surface area contributed by atoms with Crippen molar-refractivity contribution in [3.8, 4) is 0 Å². The van der Waals surface area contributed by atoms with Gasteiger partial charge in [0, 0.05) is 25.0 Å². The third-order valence-electron chi connectivity index (χ3n) is 3.53. The van der Waals surface area contributed by atoms with E-state index in [0.717, 1.165) is 13.2 Å². The number of rotatable bonds is 5. The molecule has 3 nitrogen and oxygen atoms in total. The van der Waals surface area contributed by atoms with Crippen molar-refractivity contribution in [2.24, 2.45) is 5.41 Å². The van der Waals surface area contributed by atoms with Crippen LogP contribution in [-0.2, 0) is 4.74 Å². The SMILES string of the molecule is CC(C)OCC1(CN2C[C@@H](O)[C@@H](F)C2)CC1. The average Bonchev–Trinajstić information content (AvgIpc) is 2.88. The van der Waals surface area contributed by atoms with Crippen molar-refractivity contribution in [1.82, 2.24) is 4.90 Å². The molecule has 1 saturated heterocycles. The molecule has 1 aliphatic carbocycles. The van der Waals surface area contributed by atoms with Gasteiger partial charge in [0.05, 0.1) is 18.8 Å². The smallest absolute Gasteiger partial charge is 0.140 e. The fraction of sp³-hybridized carbons (Fsp3) is 1.00. The van der Waals surface area contributed by atoms with Crippen LogP contribution in [0.15, 0.2) is 0 Å². The minimum Gasteiger partial charge on any atom is -0.389 e. The van der Waals surface area contributed by atoms with E-state index in [0.29, 0.717) is 13.1 Å². The van der Waals surface area contributed by atoms with Crippen molar-refractivity contribution in [3.05, 3.63) is 0 Å². The molecule has 94 valence electrons. The van der Waals surface area contributed by atoms with Crippen molar-refractivity contribution in [1.29, 1.82) is 0 Å². The number of alkyl halides is 1. The molecule has 2 fully saturated rings. The molecule has 1 aliphatic heterocycles. The molecule has 0 bridgehead atoms. The predicted octanol–water partition coefficient (Wildman–Crippen LogP) is 1.21. The van der Waals surface area contributed by atoms with Gasteiger partial charge in [-0.1, -0.05) is 0 Å². The first-order valence-corrected chi connectivity index (χ1v) is 6.17. The highest BCUT2D eigenvalue weighted by Gasteiger charge is 2.46. The highest BCUT2D eigenvalue weighted by atomic mass is 19.1. The Hall–Kier alpha value is -0.190. The third kappa shape index (κ3) is 2.93. The minimum atomic E-state index is -1.07. The van der Waals surface area contributed by atoms with Gasteiger partial charge in [-0.15, -0.1) is 0 Å². The molecule has 2 aliphatic rings. The maximum absolute atomic E-state index is 13.2. The van der Waals surface area contributed by atoms with E-state index in [2.05, 4.69) is 0 Å². The second-order valence-electron chi connectivity index (χ2n) is 5.64. The number of halogens is 1. The van der Waals surface area contributed by atoms with E-state index >= 15 is 0 Å². The van der Waals surface area contributed by atoms with Crippen molar-refractivity contribution in [3.63, 3.8) is 0 Å². The predicted molar refractivity (Wildman–Crippen MR) is 60.1 cm³/mol. The lowest BCUT2D eigenvalue weighted by molar-refractivity contribution is 0.0321. The molecular formula is C12H22FNO2. The minimum absolute atomic E-state index is 0.244. The van der Waals surface area contributed by atoms with Crippen molar-refractivity contribution in [2.75, 3.05) is 26.2 Å². The number of aliphatic hydroxyl groups excluding tert-OH is 1. The summed E-state index contributed by atoms with van der Waals surface area (Å²) < 4.78 is 18.8. The zero-order valence-electron chi connectivity index (χ0n) is 10.2. The zero-order valence-corrected chi connectivity index (χ0v) is 10.2. The summed E-state index contributed by atoms with van der Waals surface area (Å²) in [7, 11) is 0. The standard InChI is InChI=1S/C12H22FNO2/c1-9(2)16-8-12(3-4-12)7-14-5-10(13)11(15)6-14/h9-11,15H,3-8H2,1-2H3/t10-,11+/m0/s1. The Morgan fingerprint density at radius 3 is 2.56 bits per heavy atom. The molecule has 0 unspecified atom stereocenters. The molecule has 0 spiro atoms. The highest BCUT2D eigenvalue weighted by molar-refractivity contribution is 4.98. The number of ether oxygens (including phenoxy) is 1. The number of β-amino-alcohol motifs (C(OH)–C–C–N with tert-alkyl or cyclic N) is 1. The summed E-state index contributed by atoms with van der Waals surface area (Å²) in [6.07, 6.45) is 0.742. The van der Waals surface area contributed by atoms with Gasteiger partial charge >= 0.3 is 0 Å². The lowest BCUT2D eigenvalue weighted by atomic mass is 10.1. The molecule has 0 aromatic rings. The van der Waals surface area contributed by atoms with Crippen LogP contribution in [0, 0.1) is 5.41 Å². The van der Waals surface area contributed by atoms with Crippen molar-refractivity contribution in [2.45, 2.75) is 45.1 Å². The van der Waals surface area contributed by atoms with Gasteiger partial charge in [-0.25, -0.2) is 4.39 Å². The summed E-state index contributed by atoms with van der Waals surface area (Å²) in [6, 6.07) is 0. The van der Waals surface area contributed by atoms with Crippen LogP contribution in [0.5, 0.6) is 0 Å². The largest absolute Gasteiger partial charge is 0.389 e. The van der Waals surface area contributed by atoms with Gasteiger partial charge in [0.1, 0.15) is 6.17 Å². The van der Waals surface area contributed by atoms with E-state index in [-0.39, 0.29) is 11.5 Å². The van der Waals surface area contributed by atoms with Gasteiger partial charge in [-0.3, -0.25) is 4.90 Å². The fourth-order valence-corrected chi connectivity index (χ4v) is 2.29. The van der Waals surface area contributed by atoms with Gasteiger partial charge in [-0.05, 0) is 26.7 Å². The first-order valence-electron chi connectivity index (χ1n) is 6.17. The summed E-state index contributed by atoms with van der Waals surface area (Å²) in [5, 5.41) is 9.36. The number of hydrogen-bond donors (Lipinski definition) is 1. The van der Waals surface area contributed by atoms with Crippen LogP contribution < -0.4 is 0 Å². The second-order valence-corrected chi connectivity index (χ2v) is 5.64. The maximum Gasteiger partial charge on any atom is 0.140 e.